The first-order chi connectivity index (χ1) is 12.5. The Bertz CT molecular complexity index is 895. The number of fused-ring (bicyclic) bond motifs is 1. The van der Waals surface area contributed by atoms with Crippen LogP contribution in [0.3, 0.4) is 0 Å². The number of piperidine rings is 1. The highest BCUT2D eigenvalue weighted by Gasteiger charge is 2.21. The van der Waals surface area contributed by atoms with Gasteiger partial charge in [0.15, 0.2) is 5.65 Å². The van der Waals surface area contributed by atoms with Crippen molar-refractivity contribution in [1.29, 1.82) is 0 Å². The van der Waals surface area contributed by atoms with Gasteiger partial charge in [-0.2, -0.15) is 0 Å². The van der Waals surface area contributed by atoms with Gasteiger partial charge in [-0.3, -0.25) is 9.88 Å². The molecule has 0 aliphatic carbocycles. The third-order valence-electron chi connectivity index (χ3n) is 4.70. The van der Waals surface area contributed by atoms with E-state index in [2.05, 4.69) is 27.0 Å². The third-order valence-corrected chi connectivity index (χ3v) is 5.62. The number of pyridine rings is 2. The molecule has 5 nitrogen and oxygen atoms in total. The molecule has 4 rings (SSSR count). The van der Waals surface area contributed by atoms with Gasteiger partial charge in [0.1, 0.15) is 11.9 Å². The summed E-state index contributed by atoms with van der Waals surface area (Å²) >= 11 is 1.70. The first-order valence-electron chi connectivity index (χ1n) is 9.12. The number of likely N-dealkylation sites (tertiary alicyclic amines) is 1. The molecule has 1 aliphatic rings. The van der Waals surface area contributed by atoms with Crippen LogP contribution in [-0.2, 0) is 6.54 Å². The van der Waals surface area contributed by atoms with E-state index < -0.39 is 0 Å². The lowest BCUT2D eigenvalue weighted by atomic mass is 10.1. The lowest BCUT2D eigenvalue weighted by Crippen LogP contribution is -2.38. The molecule has 0 saturated carbocycles. The van der Waals surface area contributed by atoms with Gasteiger partial charge in [-0.15, -0.1) is 11.3 Å². The minimum absolute atomic E-state index is 0.282. The van der Waals surface area contributed by atoms with Crippen LogP contribution in [-0.4, -0.2) is 39.0 Å². The molecule has 0 unspecified atom stereocenters. The van der Waals surface area contributed by atoms with Crippen LogP contribution >= 0.6 is 11.3 Å². The molecule has 4 heterocycles. The molecule has 0 spiro atoms. The smallest absolute Gasteiger partial charge is 0.170 e. The molecule has 0 amide bonds. The molecule has 1 fully saturated rings. The number of hydrogen-bond acceptors (Lipinski definition) is 6. The molecule has 0 atom stereocenters. The zero-order valence-electron chi connectivity index (χ0n) is 15.5. The number of thiazole rings is 1. The van der Waals surface area contributed by atoms with E-state index in [-0.39, 0.29) is 6.10 Å². The Kier molecular flexibility index (Phi) is 4.87. The van der Waals surface area contributed by atoms with E-state index in [1.807, 2.05) is 32.9 Å². The van der Waals surface area contributed by atoms with Crippen molar-refractivity contribution < 1.29 is 4.74 Å². The van der Waals surface area contributed by atoms with Crippen LogP contribution < -0.4 is 4.74 Å². The van der Waals surface area contributed by atoms with E-state index in [0.29, 0.717) is 0 Å². The molecule has 1 saturated heterocycles. The molecule has 1 aliphatic heterocycles. The van der Waals surface area contributed by atoms with E-state index in [1.54, 1.807) is 11.3 Å². The summed E-state index contributed by atoms with van der Waals surface area (Å²) in [4.78, 5) is 16.1. The Balaban J connectivity index is 1.34. The predicted molar refractivity (Wildman–Crippen MR) is 105 cm³/mol. The zero-order chi connectivity index (χ0) is 18.1. The number of rotatable bonds is 4. The molecule has 3 aromatic rings. The van der Waals surface area contributed by atoms with Crippen LogP contribution in [0.4, 0.5) is 0 Å². The van der Waals surface area contributed by atoms with E-state index in [0.717, 1.165) is 66.0 Å². The molecule has 0 aromatic carbocycles. The van der Waals surface area contributed by atoms with E-state index in [4.69, 9.17) is 9.72 Å². The van der Waals surface area contributed by atoms with Crippen LogP contribution in [0, 0.1) is 20.8 Å². The highest BCUT2D eigenvalue weighted by atomic mass is 32.1. The first-order valence-corrected chi connectivity index (χ1v) is 9.94. The van der Waals surface area contributed by atoms with Crippen molar-refractivity contribution in [2.45, 2.75) is 46.3 Å². The van der Waals surface area contributed by atoms with Crippen molar-refractivity contribution >= 4 is 21.7 Å². The molecule has 6 heteroatoms. The maximum Gasteiger partial charge on any atom is 0.170 e. The van der Waals surface area contributed by atoms with Gasteiger partial charge in [-0.1, -0.05) is 0 Å². The largest absolute Gasteiger partial charge is 0.490 e. The van der Waals surface area contributed by atoms with E-state index in [1.165, 1.54) is 4.70 Å². The maximum absolute atomic E-state index is 6.18. The summed E-state index contributed by atoms with van der Waals surface area (Å²) in [6.07, 6.45) is 2.36. The Morgan fingerprint density at radius 1 is 1.04 bits per heavy atom. The third kappa shape index (κ3) is 4.02. The lowest BCUT2D eigenvalue weighted by Gasteiger charge is -2.32. The van der Waals surface area contributed by atoms with Crippen molar-refractivity contribution in [3.63, 3.8) is 0 Å². The van der Waals surface area contributed by atoms with Gasteiger partial charge in [0, 0.05) is 43.2 Å². The number of ether oxygens (including phenoxy) is 1. The highest BCUT2D eigenvalue weighted by molar-refractivity contribution is 7.18. The monoisotopic (exact) mass is 368 g/mol. The Morgan fingerprint density at radius 3 is 2.50 bits per heavy atom. The van der Waals surface area contributed by atoms with Gasteiger partial charge in [-0.25, -0.2) is 9.97 Å². The van der Waals surface area contributed by atoms with Crippen LogP contribution in [0.5, 0.6) is 5.75 Å². The Labute approximate surface area is 158 Å². The fourth-order valence-corrected chi connectivity index (χ4v) is 4.29. The standard InChI is InChI=1S/C20H24N4OS/c1-13-10-18(11-14(2)21-13)25-17-6-8-24(9-7-17)12-16-4-5-19-20(23-16)22-15(3)26-19/h4-5,10-11,17H,6-9,12H2,1-3H3. The normalized spacial score (nSPS) is 16.3. The van der Waals surface area contributed by atoms with Crippen LogP contribution in [0.15, 0.2) is 24.3 Å². The second kappa shape index (κ2) is 7.29. The van der Waals surface area contributed by atoms with Crippen molar-refractivity contribution in [3.8, 4) is 5.75 Å². The highest BCUT2D eigenvalue weighted by Crippen LogP contribution is 2.23. The fourth-order valence-electron chi connectivity index (χ4n) is 3.52. The molecule has 0 N–H and O–H groups in total. The summed E-state index contributed by atoms with van der Waals surface area (Å²) in [5.74, 6) is 0.944. The van der Waals surface area contributed by atoms with Gasteiger partial charge in [-0.05, 0) is 45.7 Å². The number of nitrogens with zero attached hydrogens (tertiary/aromatic N) is 4. The van der Waals surface area contributed by atoms with Crippen LogP contribution in [0.1, 0.15) is 34.9 Å². The average Bonchev–Trinajstić information content (AvgIpc) is 2.95. The SMILES string of the molecule is Cc1cc(OC2CCN(Cc3ccc4sc(C)nc4n3)CC2)cc(C)n1. The summed E-state index contributed by atoms with van der Waals surface area (Å²) in [5, 5.41) is 1.07. The van der Waals surface area contributed by atoms with Crippen molar-refractivity contribution in [3.05, 3.63) is 46.4 Å². The minimum Gasteiger partial charge on any atom is -0.490 e. The summed E-state index contributed by atoms with van der Waals surface area (Å²) in [6, 6.07) is 8.32. The first kappa shape index (κ1) is 17.4. The second-order valence-electron chi connectivity index (χ2n) is 7.04. The molecular formula is C20H24N4OS. The number of aromatic nitrogens is 3. The molecular weight excluding hydrogens is 344 g/mol. The van der Waals surface area contributed by atoms with E-state index >= 15 is 0 Å². The topological polar surface area (TPSA) is 51.1 Å². The minimum atomic E-state index is 0.282. The fraction of sp³-hybridized carbons (Fsp3) is 0.450. The zero-order valence-corrected chi connectivity index (χ0v) is 16.3. The molecule has 136 valence electrons. The Morgan fingerprint density at radius 2 is 1.77 bits per heavy atom. The van der Waals surface area contributed by atoms with Gasteiger partial charge in [0.2, 0.25) is 0 Å². The molecule has 0 bridgehead atoms. The van der Waals surface area contributed by atoms with Gasteiger partial charge < -0.3 is 4.74 Å². The number of aryl methyl sites for hydroxylation is 3. The van der Waals surface area contributed by atoms with Crippen molar-refractivity contribution in [2.24, 2.45) is 0 Å². The van der Waals surface area contributed by atoms with Gasteiger partial charge in [0.05, 0.1) is 15.4 Å². The van der Waals surface area contributed by atoms with E-state index in [9.17, 15) is 0 Å². The second-order valence-corrected chi connectivity index (χ2v) is 8.27. The summed E-state index contributed by atoms with van der Waals surface area (Å²) in [6.45, 7) is 8.99. The van der Waals surface area contributed by atoms with Crippen molar-refractivity contribution in [1.82, 2.24) is 19.9 Å². The molecule has 0 radical (unpaired) electrons. The maximum atomic E-state index is 6.18. The summed E-state index contributed by atoms with van der Waals surface area (Å²) < 4.78 is 7.35. The predicted octanol–water partition coefficient (Wildman–Crippen LogP) is 4.05. The number of hydrogen-bond donors (Lipinski definition) is 0. The molecule has 3 aromatic heterocycles. The Hall–Kier alpha value is -2.05. The van der Waals surface area contributed by atoms with Crippen LogP contribution in [0.25, 0.3) is 10.3 Å². The van der Waals surface area contributed by atoms with Crippen LogP contribution in [0.2, 0.25) is 0 Å². The van der Waals surface area contributed by atoms with Crippen molar-refractivity contribution in [2.75, 3.05) is 13.1 Å². The van der Waals surface area contributed by atoms with Gasteiger partial charge >= 0.3 is 0 Å². The van der Waals surface area contributed by atoms with Gasteiger partial charge in [0.25, 0.3) is 0 Å². The average molecular weight is 369 g/mol. The lowest BCUT2D eigenvalue weighted by molar-refractivity contribution is 0.0960. The molecule has 26 heavy (non-hydrogen) atoms. The quantitative estimate of drug-likeness (QED) is 0.695. The summed E-state index contributed by atoms with van der Waals surface area (Å²) in [7, 11) is 0. The summed E-state index contributed by atoms with van der Waals surface area (Å²) in [5.41, 5.74) is 4.00.